The molecule has 106 valence electrons. The molecule has 3 aromatic rings. The van der Waals surface area contributed by atoms with Gasteiger partial charge in [0.1, 0.15) is 5.82 Å². The Labute approximate surface area is 120 Å². The zero-order valence-corrected chi connectivity index (χ0v) is 11.7. The quantitative estimate of drug-likeness (QED) is 0.693. The van der Waals surface area contributed by atoms with Crippen LogP contribution in [0.25, 0.3) is 22.1 Å². The van der Waals surface area contributed by atoms with E-state index < -0.39 is 0 Å². The molecule has 0 unspecified atom stereocenters. The summed E-state index contributed by atoms with van der Waals surface area (Å²) < 4.78 is 5.70. The molecule has 5 nitrogen and oxygen atoms in total. The molecule has 1 aliphatic rings. The molecule has 5 heteroatoms. The lowest BCUT2D eigenvalue weighted by Gasteiger charge is -2.24. The van der Waals surface area contributed by atoms with Crippen LogP contribution >= 0.6 is 0 Å². The first-order valence-electron chi connectivity index (χ1n) is 7.13. The number of aryl methyl sites for hydroxylation is 1. The van der Waals surface area contributed by atoms with Crippen molar-refractivity contribution in [2.45, 2.75) is 32.1 Å². The van der Waals surface area contributed by atoms with Gasteiger partial charge in [-0.25, -0.2) is 0 Å². The van der Waals surface area contributed by atoms with Gasteiger partial charge in [0.2, 0.25) is 11.1 Å². The van der Waals surface area contributed by atoms with Gasteiger partial charge in [-0.15, -0.1) is 0 Å². The number of fused-ring (bicyclic) bond motifs is 2. The van der Waals surface area contributed by atoms with E-state index in [2.05, 4.69) is 9.97 Å². The Bertz CT molecular complexity index is 926. The second kappa shape index (κ2) is 4.28. The highest BCUT2D eigenvalue weighted by Crippen LogP contribution is 2.36. The largest absolute Gasteiger partial charge is 0.436 e. The molecule has 0 aromatic carbocycles. The molecule has 3 aromatic heterocycles. The maximum Gasteiger partial charge on any atom is 0.232 e. The Morgan fingerprint density at radius 2 is 2.10 bits per heavy atom. The van der Waals surface area contributed by atoms with Gasteiger partial charge in [0.25, 0.3) is 0 Å². The van der Waals surface area contributed by atoms with Crippen molar-refractivity contribution in [2.24, 2.45) is 0 Å². The Kier molecular flexibility index (Phi) is 2.51. The predicted molar refractivity (Wildman–Crippen MR) is 81.3 cm³/mol. The van der Waals surface area contributed by atoms with Gasteiger partial charge in [-0.3, -0.25) is 9.78 Å². The molecular formula is C16H15N3O2. The van der Waals surface area contributed by atoms with E-state index in [-0.39, 0.29) is 11.1 Å². The zero-order chi connectivity index (χ0) is 14.6. The smallest absolute Gasteiger partial charge is 0.232 e. The maximum atomic E-state index is 12.7. The highest BCUT2D eigenvalue weighted by atomic mass is 16.3. The van der Waals surface area contributed by atoms with Crippen molar-refractivity contribution < 1.29 is 4.42 Å². The van der Waals surface area contributed by atoms with Gasteiger partial charge < -0.3 is 10.2 Å². The lowest BCUT2D eigenvalue weighted by molar-refractivity contribution is 0.411. The van der Waals surface area contributed by atoms with Gasteiger partial charge in [-0.1, -0.05) is 6.42 Å². The second-order valence-corrected chi connectivity index (χ2v) is 5.71. The standard InChI is InChI=1S/C16H15N3O2/c1-8-5-11-14(20)10-6-12(9-3-2-4-9)18-7-13(10)21-16(11)19-15(8)17/h5-7,9H,2-4H2,1H3,(H2,17,19). The first-order chi connectivity index (χ1) is 10.1. The molecule has 2 N–H and O–H groups in total. The van der Waals surface area contributed by atoms with Crippen LogP contribution in [0.3, 0.4) is 0 Å². The average Bonchev–Trinajstić information content (AvgIpc) is 2.40. The van der Waals surface area contributed by atoms with Crippen LogP contribution in [0.5, 0.6) is 0 Å². The number of nitrogen functional groups attached to an aromatic ring is 1. The van der Waals surface area contributed by atoms with Crippen molar-refractivity contribution in [2.75, 3.05) is 5.73 Å². The molecule has 21 heavy (non-hydrogen) atoms. The third-order valence-corrected chi connectivity index (χ3v) is 4.33. The number of hydrogen-bond acceptors (Lipinski definition) is 5. The fourth-order valence-corrected chi connectivity index (χ4v) is 2.74. The van der Waals surface area contributed by atoms with E-state index in [1.54, 1.807) is 12.3 Å². The summed E-state index contributed by atoms with van der Waals surface area (Å²) in [6.45, 7) is 1.83. The number of nitrogens with zero attached hydrogens (tertiary/aromatic N) is 2. The van der Waals surface area contributed by atoms with Crippen LogP contribution in [-0.4, -0.2) is 9.97 Å². The number of pyridine rings is 2. The van der Waals surface area contributed by atoms with Crippen molar-refractivity contribution in [3.8, 4) is 0 Å². The molecule has 0 spiro atoms. The minimum absolute atomic E-state index is 0.0650. The molecule has 4 rings (SSSR count). The van der Waals surface area contributed by atoms with Crippen LogP contribution in [0.2, 0.25) is 0 Å². The van der Waals surface area contributed by atoms with E-state index in [4.69, 9.17) is 10.2 Å². The fourth-order valence-electron chi connectivity index (χ4n) is 2.74. The van der Waals surface area contributed by atoms with Crippen LogP contribution in [0, 0.1) is 6.92 Å². The van der Waals surface area contributed by atoms with E-state index >= 15 is 0 Å². The van der Waals surface area contributed by atoms with Gasteiger partial charge in [0.05, 0.1) is 17.0 Å². The zero-order valence-electron chi connectivity index (χ0n) is 11.7. The van der Waals surface area contributed by atoms with Crippen molar-refractivity contribution >= 4 is 27.9 Å². The van der Waals surface area contributed by atoms with Gasteiger partial charge in [-0.2, -0.15) is 4.98 Å². The monoisotopic (exact) mass is 281 g/mol. The second-order valence-electron chi connectivity index (χ2n) is 5.71. The van der Waals surface area contributed by atoms with Crippen molar-refractivity contribution in [1.29, 1.82) is 0 Å². The molecule has 0 bridgehead atoms. The third-order valence-electron chi connectivity index (χ3n) is 4.33. The summed E-state index contributed by atoms with van der Waals surface area (Å²) in [5.74, 6) is 0.861. The van der Waals surface area contributed by atoms with Gasteiger partial charge in [0.15, 0.2) is 5.58 Å². The fraction of sp³-hybridized carbons (Fsp3) is 0.312. The van der Waals surface area contributed by atoms with Crippen LogP contribution in [0.4, 0.5) is 5.82 Å². The van der Waals surface area contributed by atoms with Crippen molar-refractivity contribution in [3.63, 3.8) is 0 Å². The number of nitrogens with two attached hydrogens (primary N) is 1. The number of anilines is 1. The van der Waals surface area contributed by atoms with Crippen LogP contribution in [0.15, 0.2) is 27.5 Å². The first-order valence-corrected chi connectivity index (χ1v) is 7.13. The minimum Gasteiger partial charge on any atom is -0.436 e. The van der Waals surface area contributed by atoms with Crippen LogP contribution < -0.4 is 11.2 Å². The SMILES string of the molecule is Cc1cc2c(=O)c3cc(C4CCC4)ncc3oc2nc1N. The molecule has 0 saturated heterocycles. The van der Waals surface area contributed by atoms with Crippen molar-refractivity contribution in [3.05, 3.63) is 39.8 Å². The first kappa shape index (κ1) is 12.3. The van der Waals surface area contributed by atoms with Crippen LogP contribution in [-0.2, 0) is 0 Å². The minimum atomic E-state index is -0.0650. The summed E-state index contributed by atoms with van der Waals surface area (Å²) in [6.07, 6.45) is 5.16. The molecule has 1 saturated carbocycles. The number of aromatic nitrogens is 2. The summed E-state index contributed by atoms with van der Waals surface area (Å²) in [5.41, 5.74) is 8.22. The summed E-state index contributed by atoms with van der Waals surface area (Å²) in [4.78, 5) is 21.2. The predicted octanol–water partition coefficient (Wildman–Crippen LogP) is 2.89. The highest BCUT2D eigenvalue weighted by Gasteiger charge is 2.22. The summed E-state index contributed by atoms with van der Waals surface area (Å²) >= 11 is 0. The summed E-state index contributed by atoms with van der Waals surface area (Å²) in [5, 5.41) is 1.05. The molecular weight excluding hydrogens is 266 g/mol. The number of hydrogen-bond donors (Lipinski definition) is 1. The summed E-state index contributed by atoms with van der Waals surface area (Å²) in [7, 11) is 0. The third kappa shape index (κ3) is 1.81. The lowest BCUT2D eigenvalue weighted by atomic mass is 9.82. The molecule has 0 atom stereocenters. The Hall–Kier alpha value is -2.43. The Balaban J connectivity index is 2.04. The van der Waals surface area contributed by atoms with Crippen LogP contribution in [0.1, 0.15) is 36.4 Å². The summed E-state index contributed by atoms with van der Waals surface area (Å²) in [6, 6.07) is 3.61. The Morgan fingerprint density at radius 1 is 1.29 bits per heavy atom. The topological polar surface area (TPSA) is 82.0 Å². The maximum absolute atomic E-state index is 12.7. The average molecular weight is 281 g/mol. The molecule has 3 heterocycles. The van der Waals surface area contributed by atoms with E-state index in [1.165, 1.54) is 6.42 Å². The normalized spacial score (nSPS) is 15.5. The van der Waals surface area contributed by atoms with E-state index in [0.717, 1.165) is 24.1 Å². The molecule has 0 aliphatic heterocycles. The van der Waals surface area contributed by atoms with Gasteiger partial charge in [0, 0.05) is 11.6 Å². The van der Waals surface area contributed by atoms with E-state index in [0.29, 0.717) is 28.1 Å². The van der Waals surface area contributed by atoms with E-state index in [9.17, 15) is 4.79 Å². The highest BCUT2D eigenvalue weighted by molar-refractivity contribution is 5.88. The van der Waals surface area contributed by atoms with Gasteiger partial charge in [-0.05, 0) is 37.5 Å². The number of rotatable bonds is 1. The lowest BCUT2D eigenvalue weighted by Crippen LogP contribution is -2.12. The Morgan fingerprint density at radius 3 is 2.81 bits per heavy atom. The molecule has 0 amide bonds. The van der Waals surface area contributed by atoms with Crippen molar-refractivity contribution in [1.82, 2.24) is 9.97 Å². The molecule has 1 fully saturated rings. The molecule has 1 aliphatic carbocycles. The molecule has 0 radical (unpaired) electrons. The van der Waals surface area contributed by atoms with E-state index in [1.807, 2.05) is 13.0 Å². The van der Waals surface area contributed by atoms with Gasteiger partial charge >= 0.3 is 0 Å².